The largest absolute Gasteiger partial charge is 0.867 e. The van der Waals surface area contributed by atoms with E-state index >= 15 is 0 Å². The van der Waals surface area contributed by atoms with Crippen molar-refractivity contribution in [3.63, 3.8) is 0 Å². The summed E-state index contributed by atoms with van der Waals surface area (Å²) in [5.74, 6) is 0.357. The molecular formula is C15H12BrN2O5-. The number of halogens is 1. The summed E-state index contributed by atoms with van der Waals surface area (Å²) in [6.45, 7) is 0. The lowest BCUT2D eigenvalue weighted by Gasteiger charge is -2.11. The minimum absolute atomic E-state index is 0.101. The van der Waals surface area contributed by atoms with Crippen molar-refractivity contribution >= 4 is 33.5 Å². The third-order valence-electron chi connectivity index (χ3n) is 2.99. The van der Waals surface area contributed by atoms with Crippen LogP contribution in [0, 0.1) is 10.1 Å². The maximum absolute atomic E-state index is 12.0. The summed E-state index contributed by atoms with van der Waals surface area (Å²) in [5.41, 5.74) is 0.0572. The molecule has 120 valence electrons. The van der Waals surface area contributed by atoms with E-state index in [1.54, 1.807) is 18.2 Å². The molecule has 2 rings (SSSR count). The Hall–Kier alpha value is -2.61. The van der Waals surface area contributed by atoms with Crippen LogP contribution in [0.2, 0.25) is 0 Å². The molecule has 0 N–H and O–H groups in total. The van der Waals surface area contributed by atoms with E-state index in [0.29, 0.717) is 21.7 Å². The number of nitro groups is 1. The first-order chi connectivity index (χ1) is 11.0. The van der Waals surface area contributed by atoms with Crippen molar-refractivity contribution in [2.75, 3.05) is 14.2 Å². The predicted molar refractivity (Wildman–Crippen MR) is 87.0 cm³/mol. The summed E-state index contributed by atoms with van der Waals surface area (Å²) >= 11 is 3.14. The maximum Gasteiger partial charge on any atom is 0.263 e. The van der Waals surface area contributed by atoms with Gasteiger partial charge in [-0.3, -0.25) is 15.1 Å². The normalized spacial score (nSPS) is 10.7. The Morgan fingerprint density at radius 2 is 1.96 bits per heavy atom. The monoisotopic (exact) mass is 379 g/mol. The minimum atomic E-state index is -0.724. The van der Waals surface area contributed by atoms with E-state index in [2.05, 4.69) is 20.9 Å². The van der Waals surface area contributed by atoms with Gasteiger partial charge in [-0.05, 0) is 29.5 Å². The second-order valence-electron chi connectivity index (χ2n) is 4.40. The summed E-state index contributed by atoms with van der Waals surface area (Å²) in [6, 6.07) is 7.62. The zero-order valence-electron chi connectivity index (χ0n) is 12.3. The average Bonchev–Trinajstić information content (AvgIpc) is 2.54. The van der Waals surface area contributed by atoms with Gasteiger partial charge in [-0.25, -0.2) is 0 Å². The van der Waals surface area contributed by atoms with E-state index in [1.165, 1.54) is 26.5 Å². The smallest absolute Gasteiger partial charge is 0.263 e. The summed E-state index contributed by atoms with van der Waals surface area (Å²) < 4.78 is 10.7. The molecule has 0 bridgehead atoms. The van der Waals surface area contributed by atoms with E-state index in [4.69, 9.17) is 9.47 Å². The van der Waals surface area contributed by atoms with Crippen molar-refractivity contribution in [3.8, 4) is 17.2 Å². The van der Waals surface area contributed by atoms with Gasteiger partial charge in [-0.2, -0.15) is 0 Å². The number of aliphatic imine (C=N–C) groups is 1. The van der Waals surface area contributed by atoms with Crippen LogP contribution in [0.4, 0.5) is 11.4 Å². The molecule has 0 aliphatic carbocycles. The third-order valence-corrected chi connectivity index (χ3v) is 3.45. The number of benzene rings is 2. The Labute approximate surface area is 140 Å². The molecule has 0 amide bonds. The fourth-order valence-corrected chi connectivity index (χ4v) is 2.33. The number of nitro benzene ring substituents is 1. The maximum atomic E-state index is 12.0. The topological polar surface area (TPSA) is 97.0 Å². The summed E-state index contributed by atoms with van der Waals surface area (Å²) in [4.78, 5) is 14.3. The lowest BCUT2D eigenvalue weighted by molar-refractivity contribution is -0.398. The molecule has 0 spiro atoms. The second-order valence-corrected chi connectivity index (χ2v) is 5.31. The lowest BCUT2D eigenvalue weighted by Crippen LogP contribution is -2.02. The van der Waals surface area contributed by atoms with Crippen molar-refractivity contribution in [2.24, 2.45) is 4.99 Å². The van der Waals surface area contributed by atoms with Gasteiger partial charge in [0.1, 0.15) is 17.2 Å². The third kappa shape index (κ3) is 3.78. The van der Waals surface area contributed by atoms with Crippen LogP contribution in [0.1, 0.15) is 5.56 Å². The van der Waals surface area contributed by atoms with Crippen LogP contribution >= 0.6 is 15.9 Å². The first-order valence-corrected chi connectivity index (χ1v) is 7.16. The van der Waals surface area contributed by atoms with Gasteiger partial charge in [-0.15, -0.1) is 0 Å². The van der Waals surface area contributed by atoms with Crippen molar-refractivity contribution < 1.29 is 19.5 Å². The van der Waals surface area contributed by atoms with Crippen LogP contribution in [0.5, 0.6) is 17.2 Å². The highest BCUT2D eigenvalue weighted by Crippen LogP contribution is 2.33. The van der Waals surface area contributed by atoms with Crippen LogP contribution in [-0.2, 0) is 0 Å². The van der Waals surface area contributed by atoms with Crippen LogP contribution in [-0.4, -0.2) is 25.4 Å². The van der Waals surface area contributed by atoms with Crippen molar-refractivity contribution in [1.29, 1.82) is 0 Å². The minimum Gasteiger partial charge on any atom is -0.867 e. The number of rotatable bonds is 5. The molecule has 0 saturated heterocycles. The SMILES string of the molecule is COc1ccc(N=Cc2cc(Br)cc([N+](=O)[O-])c2[O-])c(OC)c1. The molecule has 0 saturated carbocycles. The first kappa shape index (κ1) is 16.8. The molecular weight excluding hydrogens is 368 g/mol. The molecule has 0 fully saturated rings. The first-order valence-electron chi connectivity index (χ1n) is 6.37. The number of methoxy groups -OCH3 is 2. The van der Waals surface area contributed by atoms with Crippen molar-refractivity contribution in [3.05, 3.63) is 50.5 Å². The van der Waals surface area contributed by atoms with Gasteiger partial charge in [-0.1, -0.05) is 15.9 Å². The highest BCUT2D eigenvalue weighted by atomic mass is 79.9. The van der Waals surface area contributed by atoms with Crippen LogP contribution in [0.3, 0.4) is 0 Å². The highest BCUT2D eigenvalue weighted by Gasteiger charge is 2.11. The molecule has 7 nitrogen and oxygen atoms in total. The number of ether oxygens (including phenoxy) is 2. The second kappa shape index (κ2) is 7.10. The Kier molecular flexibility index (Phi) is 5.17. The van der Waals surface area contributed by atoms with Crippen LogP contribution in [0.15, 0.2) is 39.8 Å². The molecule has 8 heteroatoms. The van der Waals surface area contributed by atoms with Gasteiger partial charge in [0, 0.05) is 22.8 Å². The van der Waals surface area contributed by atoms with Crippen LogP contribution < -0.4 is 14.6 Å². The summed E-state index contributed by atoms with van der Waals surface area (Å²) in [7, 11) is 3.01. The number of hydrogen-bond acceptors (Lipinski definition) is 6. The zero-order valence-corrected chi connectivity index (χ0v) is 13.9. The molecule has 2 aromatic carbocycles. The van der Waals surface area contributed by atoms with Crippen molar-refractivity contribution in [1.82, 2.24) is 0 Å². The average molecular weight is 380 g/mol. The quantitative estimate of drug-likeness (QED) is 0.451. The van der Waals surface area contributed by atoms with Crippen LogP contribution in [0.25, 0.3) is 0 Å². The molecule has 0 unspecified atom stereocenters. The van der Waals surface area contributed by atoms with Gasteiger partial charge in [0.05, 0.1) is 19.1 Å². The fraction of sp³-hybridized carbons (Fsp3) is 0.133. The van der Waals surface area contributed by atoms with E-state index in [1.807, 2.05) is 0 Å². The number of hydrogen-bond donors (Lipinski definition) is 0. The zero-order chi connectivity index (χ0) is 17.0. The highest BCUT2D eigenvalue weighted by molar-refractivity contribution is 9.10. The van der Waals surface area contributed by atoms with E-state index < -0.39 is 16.4 Å². The molecule has 0 atom stereocenters. The predicted octanol–water partition coefficient (Wildman–Crippen LogP) is 3.20. The molecule has 23 heavy (non-hydrogen) atoms. The van der Waals surface area contributed by atoms with E-state index in [-0.39, 0.29) is 5.56 Å². The number of nitrogens with zero attached hydrogens (tertiary/aromatic N) is 2. The molecule has 0 aliphatic rings. The summed E-state index contributed by atoms with van der Waals surface area (Å²) in [6.07, 6.45) is 1.27. The Morgan fingerprint density at radius 1 is 1.22 bits per heavy atom. The van der Waals surface area contributed by atoms with Gasteiger partial charge < -0.3 is 14.6 Å². The summed E-state index contributed by atoms with van der Waals surface area (Å²) in [5, 5.41) is 22.9. The molecule has 0 heterocycles. The van der Waals surface area contributed by atoms with E-state index in [9.17, 15) is 15.2 Å². The van der Waals surface area contributed by atoms with Gasteiger partial charge in [0.15, 0.2) is 0 Å². The van der Waals surface area contributed by atoms with Gasteiger partial charge in [0.2, 0.25) is 0 Å². The Morgan fingerprint density at radius 3 is 2.57 bits per heavy atom. The van der Waals surface area contributed by atoms with Gasteiger partial charge >= 0.3 is 0 Å². The van der Waals surface area contributed by atoms with Gasteiger partial charge in [0.25, 0.3) is 5.69 Å². The van der Waals surface area contributed by atoms with Crippen molar-refractivity contribution in [2.45, 2.75) is 0 Å². The molecule has 0 aliphatic heterocycles. The standard InChI is InChI=1S/C15H13BrN2O5/c1-22-11-3-4-12(14(7-11)23-2)17-8-9-5-10(16)6-13(15(9)19)18(20)21/h3-8,19H,1-2H3/p-1. The molecule has 0 radical (unpaired) electrons. The molecule has 0 aromatic heterocycles. The Balaban J connectivity index is 2.43. The fourth-order valence-electron chi connectivity index (χ4n) is 1.86. The lowest BCUT2D eigenvalue weighted by atomic mass is 10.2. The van der Waals surface area contributed by atoms with E-state index in [0.717, 1.165) is 6.07 Å². The molecule has 2 aromatic rings. The Bertz CT molecular complexity index is 777.